The van der Waals surface area contributed by atoms with Gasteiger partial charge in [0.25, 0.3) is 0 Å². The molecule has 0 fully saturated rings. The van der Waals surface area contributed by atoms with Crippen molar-refractivity contribution in [1.82, 2.24) is 0 Å². The first-order valence-electron chi connectivity index (χ1n) is 3.18. The molecule has 0 aromatic heterocycles. The van der Waals surface area contributed by atoms with Crippen LogP contribution in [0.25, 0.3) is 0 Å². The van der Waals surface area contributed by atoms with E-state index in [0.717, 1.165) is 0 Å². The molecule has 0 aliphatic rings. The zero-order chi connectivity index (χ0) is 9.14. The molecule has 1 aromatic rings. The van der Waals surface area contributed by atoms with Gasteiger partial charge >= 0.3 is 29.5 Å². The number of hydrogen-bond donors (Lipinski definition) is 2. The van der Waals surface area contributed by atoms with Crippen LogP contribution in [0.1, 0.15) is 20.7 Å². The molecule has 0 unspecified atom stereocenters. The fraction of sp³-hybridized carbons (Fsp3) is 0. The molecule has 0 saturated carbocycles. The van der Waals surface area contributed by atoms with E-state index >= 15 is 0 Å². The van der Waals surface area contributed by atoms with Crippen LogP contribution in [0.4, 0.5) is 0 Å². The predicted octanol–water partition coefficient (Wildman–Crippen LogP) is -0.369. The summed E-state index contributed by atoms with van der Waals surface area (Å²) in [5, 5.41) is 17.1. The van der Waals surface area contributed by atoms with Gasteiger partial charge in [-0.15, -0.1) is 0 Å². The second-order valence-electron chi connectivity index (χ2n) is 2.16. The van der Waals surface area contributed by atoms with Gasteiger partial charge in [0.2, 0.25) is 0 Å². The molecular weight excluding hydrogens is 233 g/mol. The normalized spacial score (nSPS) is 8.62. The van der Waals surface area contributed by atoms with Crippen LogP contribution in [-0.4, -0.2) is 39.7 Å². The minimum atomic E-state index is -1.23. The molecule has 1 rings (SSSR count). The summed E-state index contributed by atoms with van der Waals surface area (Å²) in [4.78, 5) is 20.9. The molecular formula is C8H10GeO4. The van der Waals surface area contributed by atoms with E-state index in [1.54, 1.807) is 0 Å². The molecule has 1 aromatic carbocycles. The third-order valence-electron chi connectivity index (χ3n) is 1.39. The topological polar surface area (TPSA) is 74.6 Å². The van der Waals surface area contributed by atoms with E-state index in [4.69, 9.17) is 10.2 Å². The monoisotopic (exact) mass is 244 g/mol. The van der Waals surface area contributed by atoms with E-state index in [-0.39, 0.29) is 28.7 Å². The number of carbonyl (C=O) groups is 2. The van der Waals surface area contributed by atoms with E-state index < -0.39 is 11.9 Å². The molecule has 2 N–H and O–H groups in total. The fourth-order valence-electron chi connectivity index (χ4n) is 0.856. The maximum absolute atomic E-state index is 10.5. The van der Waals surface area contributed by atoms with Crippen molar-refractivity contribution in [3.63, 3.8) is 0 Å². The number of rotatable bonds is 2. The summed E-state index contributed by atoms with van der Waals surface area (Å²) >= 11 is 0. The van der Waals surface area contributed by atoms with E-state index in [9.17, 15) is 9.59 Å². The standard InChI is InChI=1S/C8H6O4.GeH4/c9-7(10)5-3-1-2-4-6(5)8(11)12;/h1-4H,(H,9,10)(H,11,12);1H4. The van der Waals surface area contributed by atoms with Crippen LogP contribution in [0.3, 0.4) is 0 Å². The van der Waals surface area contributed by atoms with Gasteiger partial charge in [-0.1, -0.05) is 12.1 Å². The number of benzene rings is 1. The zero-order valence-corrected chi connectivity index (χ0v) is 6.02. The Morgan fingerprint density at radius 1 is 0.923 bits per heavy atom. The third kappa shape index (κ3) is 2.59. The Morgan fingerprint density at radius 3 is 1.46 bits per heavy atom. The summed E-state index contributed by atoms with van der Waals surface area (Å²) < 4.78 is 0. The molecule has 13 heavy (non-hydrogen) atoms. The second kappa shape index (κ2) is 4.66. The average molecular weight is 243 g/mol. The molecule has 5 heteroatoms. The first-order chi connectivity index (χ1) is 5.63. The molecule has 4 nitrogen and oxygen atoms in total. The van der Waals surface area contributed by atoms with Gasteiger partial charge in [-0.2, -0.15) is 0 Å². The van der Waals surface area contributed by atoms with Crippen molar-refractivity contribution in [3.8, 4) is 0 Å². The quantitative estimate of drug-likeness (QED) is 0.695. The summed E-state index contributed by atoms with van der Waals surface area (Å²) in [6, 6.07) is 5.48. The van der Waals surface area contributed by atoms with Gasteiger partial charge in [-0.3, -0.25) is 0 Å². The summed E-state index contributed by atoms with van der Waals surface area (Å²) in [7, 11) is 0. The zero-order valence-electron chi connectivity index (χ0n) is 6.02. The van der Waals surface area contributed by atoms with Crippen LogP contribution in [0.15, 0.2) is 24.3 Å². The van der Waals surface area contributed by atoms with Gasteiger partial charge < -0.3 is 10.2 Å². The third-order valence-corrected chi connectivity index (χ3v) is 1.39. The van der Waals surface area contributed by atoms with Gasteiger partial charge in [0.1, 0.15) is 0 Å². The van der Waals surface area contributed by atoms with Crippen LogP contribution in [-0.2, 0) is 0 Å². The van der Waals surface area contributed by atoms with Crippen molar-refractivity contribution >= 4 is 29.5 Å². The van der Waals surface area contributed by atoms with Crippen LogP contribution in [0, 0.1) is 0 Å². The minimum absolute atomic E-state index is 0. The van der Waals surface area contributed by atoms with Crippen molar-refractivity contribution in [2.75, 3.05) is 0 Å². The molecule has 0 spiro atoms. The van der Waals surface area contributed by atoms with Gasteiger partial charge in [0.05, 0.1) is 11.1 Å². The molecule has 0 amide bonds. The van der Waals surface area contributed by atoms with E-state index in [2.05, 4.69) is 0 Å². The molecule has 0 aliphatic heterocycles. The van der Waals surface area contributed by atoms with Crippen molar-refractivity contribution in [2.24, 2.45) is 0 Å². The number of carboxylic acids is 2. The molecule has 0 heterocycles. The Kier molecular flexibility index (Phi) is 4.20. The van der Waals surface area contributed by atoms with E-state index in [0.29, 0.717) is 0 Å². The van der Waals surface area contributed by atoms with Crippen LogP contribution < -0.4 is 0 Å². The average Bonchev–Trinajstić information content (AvgIpc) is 2.04. The molecule has 70 valence electrons. The van der Waals surface area contributed by atoms with Crippen molar-refractivity contribution in [2.45, 2.75) is 0 Å². The van der Waals surface area contributed by atoms with E-state index in [1.807, 2.05) is 0 Å². The molecule has 0 aliphatic carbocycles. The molecule has 0 atom stereocenters. The first kappa shape index (κ1) is 11.7. The fourth-order valence-corrected chi connectivity index (χ4v) is 0.856. The van der Waals surface area contributed by atoms with Crippen LogP contribution in [0.5, 0.6) is 0 Å². The van der Waals surface area contributed by atoms with Crippen LogP contribution in [0.2, 0.25) is 0 Å². The van der Waals surface area contributed by atoms with Gasteiger partial charge in [0, 0.05) is 0 Å². The number of aromatic carboxylic acids is 2. The van der Waals surface area contributed by atoms with E-state index in [1.165, 1.54) is 24.3 Å². The van der Waals surface area contributed by atoms with Gasteiger partial charge in [-0.05, 0) is 12.1 Å². The second-order valence-corrected chi connectivity index (χ2v) is 2.16. The Morgan fingerprint density at radius 2 is 1.23 bits per heavy atom. The summed E-state index contributed by atoms with van der Waals surface area (Å²) in [5.41, 5.74) is -0.380. The number of hydrogen-bond acceptors (Lipinski definition) is 2. The first-order valence-corrected chi connectivity index (χ1v) is 3.18. The summed E-state index contributed by atoms with van der Waals surface area (Å²) in [5.74, 6) is -2.46. The summed E-state index contributed by atoms with van der Waals surface area (Å²) in [6.07, 6.45) is 0. The maximum atomic E-state index is 10.5. The Labute approximate surface area is 85.2 Å². The Hall–Kier alpha value is -1.30. The van der Waals surface area contributed by atoms with Gasteiger partial charge in [0.15, 0.2) is 0 Å². The summed E-state index contributed by atoms with van der Waals surface area (Å²) in [6.45, 7) is 0. The van der Waals surface area contributed by atoms with Crippen molar-refractivity contribution in [1.29, 1.82) is 0 Å². The SMILES string of the molecule is O=C(O)c1ccccc1C(=O)O.[GeH4]. The van der Waals surface area contributed by atoms with Crippen molar-refractivity contribution < 1.29 is 19.8 Å². The molecule has 0 bridgehead atoms. The van der Waals surface area contributed by atoms with Crippen LogP contribution >= 0.6 is 0 Å². The number of carboxylic acid groups (broad SMARTS) is 2. The van der Waals surface area contributed by atoms with Crippen molar-refractivity contribution in [3.05, 3.63) is 35.4 Å². The molecule has 0 saturated heterocycles. The Balaban J connectivity index is 0.00000144. The Bertz CT molecular complexity index is 302. The predicted molar refractivity (Wildman–Crippen MR) is 51.7 cm³/mol. The molecule has 0 radical (unpaired) electrons. The van der Waals surface area contributed by atoms with Gasteiger partial charge in [-0.25, -0.2) is 9.59 Å².